The van der Waals surface area contributed by atoms with Crippen LogP contribution in [0, 0.1) is 17.0 Å². The molecule has 1 rings (SSSR count). The first kappa shape index (κ1) is 8.13. The molecule has 0 saturated heterocycles. The molecule has 0 fully saturated rings. The van der Waals surface area contributed by atoms with E-state index in [0.29, 0.717) is 10.0 Å². The fourth-order valence-electron chi connectivity index (χ4n) is 0.686. The Morgan fingerprint density at radius 3 is 2.82 bits per heavy atom. The lowest BCUT2D eigenvalue weighted by Crippen LogP contribution is -1.94. The highest BCUT2D eigenvalue weighted by atomic mass is 79.9. The van der Waals surface area contributed by atoms with Gasteiger partial charge in [0.05, 0.1) is 5.56 Å². The van der Waals surface area contributed by atoms with Gasteiger partial charge < -0.3 is 10.1 Å². The van der Waals surface area contributed by atoms with E-state index < -0.39 is 4.92 Å². The summed E-state index contributed by atoms with van der Waals surface area (Å²) in [5.41, 5.74) is 0.553. The van der Waals surface area contributed by atoms with Crippen LogP contribution in [0.3, 0.4) is 0 Å². The molecule has 4 nitrogen and oxygen atoms in total. The molecule has 1 heterocycles. The Bertz CT molecular complexity index is 301. The van der Waals surface area contributed by atoms with Crippen molar-refractivity contribution in [3.63, 3.8) is 0 Å². The molecule has 11 heavy (non-hydrogen) atoms. The van der Waals surface area contributed by atoms with Gasteiger partial charge >= 0.3 is 5.82 Å². The van der Waals surface area contributed by atoms with Gasteiger partial charge in [0.2, 0.25) is 0 Å². The van der Waals surface area contributed by atoms with Crippen molar-refractivity contribution in [1.82, 2.24) is 4.98 Å². The van der Waals surface area contributed by atoms with Gasteiger partial charge in [-0.05, 0) is 22.9 Å². The molecule has 0 saturated carbocycles. The lowest BCUT2D eigenvalue weighted by atomic mass is 10.3. The molecule has 1 aromatic heterocycles. The van der Waals surface area contributed by atoms with Crippen LogP contribution in [-0.4, -0.2) is 9.91 Å². The van der Waals surface area contributed by atoms with Gasteiger partial charge in [0.25, 0.3) is 0 Å². The van der Waals surface area contributed by atoms with E-state index in [4.69, 9.17) is 0 Å². The molecular weight excluding hydrogens is 212 g/mol. The van der Waals surface area contributed by atoms with Crippen LogP contribution in [-0.2, 0) is 0 Å². The minimum Gasteiger partial charge on any atom is -0.358 e. The second-order valence-electron chi connectivity index (χ2n) is 2.00. The van der Waals surface area contributed by atoms with Gasteiger partial charge in [-0.1, -0.05) is 15.9 Å². The number of pyridine rings is 1. The van der Waals surface area contributed by atoms with Crippen molar-refractivity contribution in [2.24, 2.45) is 0 Å². The predicted octanol–water partition coefficient (Wildman–Crippen LogP) is 2.06. The first-order valence-corrected chi connectivity index (χ1v) is 3.67. The van der Waals surface area contributed by atoms with E-state index >= 15 is 0 Å². The van der Waals surface area contributed by atoms with Gasteiger partial charge in [0.15, 0.2) is 0 Å². The van der Waals surface area contributed by atoms with Gasteiger partial charge in [0.1, 0.15) is 6.20 Å². The van der Waals surface area contributed by atoms with Gasteiger partial charge in [0, 0.05) is 4.47 Å². The van der Waals surface area contributed by atoms with Crippen LogP contribution in [0.25, 0.3) is 0 Å². The van der Waals surface area contributed by atoms with Crippen LogP contribution < -0.4 is 0 Å². The molecule has 1 aromatic rings. The molecule has 0 aliphatic carbocycles. The zero-order chi connectivity index (χ0) is 8.43. The minimum absolute atomic E-state index is 0.0978. The highest BCUT2D eigenvalue weighted by Crippen LogP contribution is 2.22. The van der Waals surface area contributed by atoms with Crippen molar-refractivity contribution in [2.45, 2.75) is 6.92 Å². The number of nitrogens with zero attached hydrogens (tertiary/aromatic N) is 2. The Kier molecular flexibility index (Phi) is 2.19. The Labute approximate surface area is 71.5 Å². The normalized spacial score (nSPS) is 9.64. The Morgan fingerprint density at radius 2 is 2.36 bits per heavy atom. The average molecular weight is 217 g/mol. The maximum absolute atomic E-state index is 10.3. The van der Waals surface area contributed by atoms with Crippen molar-refractivity contribution in [1.29, 1.82) is 0 Å². The first-order chi connectivity index (χ1) is 5.13. The topological polar surface area (TPSA) is 56.0 Å². The largest absolute Gasteiger partial charge is 0.367 e. The molecule has 0 amide bonds. The third-order valence-electron chi connectivity index (χ3n) is 1.28. The number of halogens is 1. The molecule has 58 valence electrons. The molecule has 0 aromatic carbocycles. The Hall–Kier alpha value is -0.970. The third kappa shape index (κ3) is 1.54. The van der Waals surface area contributed by atoms with E-state index in [9.17, 15) is 10.1 Å². The summed E-state index contributed by atoms with van der Waals surface area (Å²) in [7, 11) is 0. The highest BCUT2D eigenvalue weighted by molar-refractivity contribution is 9.10. The van der Waals surface area contributed by atoms with E-state index in [1.165, 1.54) is 6.20 Å². The first-order valence-electron chi connectivity index (χ1n) is 2.88. The molecule has 0 spiro atoms. The van der Waals surface area contributed by atoms with Crippen molar-refractivity contribution < 1.29 is 4.92 Å². The molecule has 5 heteroatoms. The van der Waals surface area contributed by atoms with E-state index in [1.54, 1.807) is 13.0 Å². The molecular formula is C6H5BrN2O2. The third-order valence-corrected chi connectivity index (χ3v) is 2.14. The summed E-state index contributed by atoms with van der Waals surface area (Å²) in [6.07, 6.45) is 1.40. The summed E-state index contributed by atoms with van der Waals surface area (Å²) in [6, 6.07) is 1.67. The Balaban J connectivity index is 3.27. The molecule has 0 N–H and O–H groups in total. The van der Waals surface area contributed by atoms with Crippen LogP contribution in [0.15, 0.2) is 16.7 Å². The number of hydrogen-bond donors (Lipinski definition) is 0. The number of hydrogen-bond acceptors (Lipinski definition) is 3. The summed E-state index contributed by atoms with van der Waals surface area (Å²) < 4.78 is 0.708. The van der Waals surface area contributed by atoms with E-state index in [2.05, 4.69) is 20.9 Å². The van der Waals surface area contributed by atoms with Crippen LogP contribution >= 0.6 is 15.9 Å². The summed E-state index contributed by atoms with van der Waals surface area (Å²) in [5.74, 6) is -0.0978. The fraction of sp³-hybridized carbons (Fsp3) is 0.167. The monoisotopic (exact) mass is 216 g/mol. The molecule has 0 aliphatic heterocycles. The van der Waals surface area contributed by atoms with E-state index in [-0.39, 0.29) is 5.82 Å². The second-order valence-corrected chi connectivity index (χ2v) is 2.85. The van der Waals surface area contributed by atoms with E-state index in [1.807, 2.05) is 0 Å². The van der Waals surface area contributed by atoms with Gasteiger partial charge in [-0.3, -0.25) is 0 Å². The van der Waals surface area contributed by atoms with Crippen LogP contribution in [0.4, 0.5) is 5.82 Å². The lowest BCUT2D eigenvalue weighted by molar-refractivity contribution is -0.390. The molecule has 0 atom stereocenters. The highest BCUT2D eigenvalue weighted by Gasteiger charge is 2.12. The summed E-state index contributed by atoms with van der Waals surface area (Å²) in [6.45, 7) is 1.65. The lowest BCUT2D eigenvalue weighted by Gasteiger charge is -1.96. The van der Waals surface area contributed by atoms with Crippen molar-refractivity contribution in [3.8, 4) is 0 Å². The maximum Gasteiger partial charge on any atom is 0.367 e. The molecule has 0 unspecified atom stereocenters. The molecule has 0 radical (unpaired) electrons. The minimum atomic E-state index is -0.500. The molecule has 0 aliphatic rings. The van der Waals surface area contributed by atoms with E-state index in [0.717, 1.165) is 0 Å². The quantitative estimate of drug-likeness (QED) is 0.534. The van der Waals surface area contributed by atoms with Gasteiger partial charge in [-0.25, -0.2) is 0 Å². The molecule has 0 bridgehead atoms. The Morgan fingerprint density at radius 1 is 1.73 bits per heavy atom. The van der Waals surface area contributed by atoms with Crippen molar-refractivity contribution in [2.75, 3.05) is 0 Å². The summed E-state index contributed by atoms with van der Waals surface area (Å²) >= 11 is 3.17. The van der Waals surface area contributed by atoms with Crippen LogP contribution in [0.1, 0.15) is 5.56 Å². The fourth-order valence-corrected chi connectivity index (χ4v) is 0.982. The number of rotatable bonds is 1. The van der Waals surface area contributed by atoms with Crippen LogP contribution in [0.2, 0.25) is 0 Å². The van der Waals surface area contributed by atoms with Crippen LogP contribution in [0.5, 0.6) is 0 Å². The van der Waals surface area contributed by atoms with Gasteiger partial charge in [-0.15, -0.1) is 0 Å². The van der Waals surface area contributed by atoms with Crippen molar-refractivity contribution in [3.05, 3.63) is 32.4 Å². The predicted molar refractivity (Wildman–Crippen MR) is 43.3 cm³/mol. The zero-order valence-corrected chi connectivity index (χ0v) is 7.33. The van der Waals surface area contributed by atoms with Gasteiger partial charge in [-0.2, -0.15) is 0 Å². The smallest absolute Gasteiger partial charge is 0.358 e. The number of aromatic nitrogens is 1. The second kappa shape index (κ2) is 2.96. The summed E-state index contributed by atoms with van der Waals surface area (Å²) in [5, 5.41) is 10.3. The standard InChI is InChI=1S/C6H5BrN2O2/c1-4-5(7)2-3-8-6(4)9(10)11/h2-3H,1H3. The maximum atomic E-state index is 10.3. The SMILES string of the molecule is Cc1c(Br)ccnc1[N+](=O)[O-]. The van der Waals surface area contributed by atoms with Crippen molar-refractivity contribution >= 4 is 21.7 Å². The number of nitro groups is 1. The summed E-state index contributed by atoms with van der Waals surface area (Å²) in [4.78, 5) is 13.4. The average Bonchev–Trinajstić information content (AvgIpc) is 1.94. The zero-order valence-electron chi connectivity index (χ0n) is 5.74.